The molecule has 0 radical (unpaired) electrons. The highest BCUT2D eigenvalue weighted by atomic mass is 16.5. The molecule has 1 aliphatic rings. The van der Waals surface area contributed by atoms with Crippen molar-refractivity contribution in [2.45, 2.75) is 39.7 Å². The van der Waals surface area contributed by atoms with Gasteiger partial charge in [0.1, 0.15) is 0 Å². The van der Waals surface area contributed by atoms with Crippen LogP contribution in [0.2, 0.25) is 0 Å². The first-order valence-electron chi connectivity index (χ1n) is 6.49. The number of methoxy groups -OCH3 is 1. The molecule has 0 aromatic heterocycles. The van der Waals surface area contributed by atoms with Crippen LogP contribution in [-0.4, -0.2) is 49.6 Å². The molecule has 1 saturated heterocycles. The maximum absolute atomic E-state index is 12.1. The number of hydrogen-bond acceptors (Lipinski definition) is 4. The number of carbonyl (C=O) groups is 2. The molecule has 1 heterocycles. The topological polar surface area (TPSA) is 58.6 Å². The zero-order chi connectivity index (χ0) is 13.8. The molecule has 1 unspecified atom stereocenters. The summed E-state index contributed by atoms with van der Waals surface area (Å²) in [6, 6.07) is 0.0109. The van der Waals surface area contributed by atoms with Gasteiger partial charge in [0, 0.05) is 26.1 Å². The van der Waals surface area contributed by atoms with E-state index in [1.54, 1.807) is 7.11 Å². The number of carbonyl (C=O) groups excluding carboxylic acids is 2. The lowest BCUT2D eigenvalue weighted by molar-refractivity contribution is -0.141. The van der Waals surface area contributed by atoms with E-state index in [0.29, 0.717) is 19.6 Å². The van der Waals surface area contributed by atoms with Gasteiger partial charge in [-0.15, -0.1) is 0 Å². The Morgan fingerprint density at radius 1 is 1.44 bits per heavy atom. The number of imide groups is 1. The molecule has 1 fully saturated rings. The third-order valence-electron chi connectivity index (χ3n) is 3.17. The molecule has 5 nitrogen and oxygen atoms in total. The number of likely N-dealkylation sites (tertiary alicyclic amines) is 1. The van der Waals surface area contributed by atoms with Gasteiger partial charge in [0.05, 0.1) is 12.0 Å². The number of rotatable bonds is 7. The number of amides is 2. The first-order valence-corrected chi connectivity index (χ1v) is 6.49. The van der Waals surface area contributed by atoms with Crippen molar-refractivity contribution in [2.75, 3.05) is 26.8 Å². The van der Waals surface area contributed by atoms with Gasteiger partial charge in [-0.05, 0) is 13.0 Å². The lowest BCUT2D eigenvalue weighted by atomic mass is 9.92. The van der Waals surface area contributed by atoms with E-state index in [1.165, 1.54) is 4.90 Å². The molecular weight excluding hydrogens is 232 g/mol. The summed E-state index contributed by atoms with van der Waals surface area (Å²) in [6.07, 6.45) is 1.31. The highest BCUT2D eigenvalue weighted by Crippen LogP contribution is 2.31. The molecular formula is C13H24N2O3. The normalized spacial score (nSPS) is 20.6. The Morgan fingerprint density at radius 3 is 2.56 bits per heavy atom. The molecule has 0 aromatic rings. The summed E-state index contributed by atoms with van der Waals surface area (Å²) >= 11 is 0. The van der Waals surface area contributed by atoms with Crippen LogP contribution in [0.25, 0.3) is 0 Å². The van der Waals surface area contributed by atoms with Crippen molar-refractivity contribution in [2.24, 2.45) is 5.41 Å². The van der Waals surface area contributed by atoms with Crippen LogP contribution in [0.15, 0.2) is 0 Å². The van der Waals surface area contributed by atoms with Crippen LogP contribution in [0, 0.1) is 5.41 Å². The van der Waals surface area contributed by atoms with E-state index in [2.05, 4.69) is 12.2 Å². The smallest absolute Gasteiger partial charge is 0.235 e. The van der Waals surface area contributed by atoms with E-state index in [4.69, 9.17) is 4.74 Å². The molecule has 1 N–H and O–H groups in total. The number of ether oxygens (including phenoxy) is 1. The molecule has 0 saturated carbocycles. The Labute approximate surface area is 109 Å². The van der Waals surface area contributed by atoms with Crippen LogP contribution in [0.3, 0.4) is 0 Å². The van der Waals surface area contributed by atoms with Gasteiger partial charge < -0.3 is 10.1 Å². The molecule has 1 atom stereocenters. The predicted octanol–water partition coefficient (Wildman–Crippen LogP) is 0.786. The van der Waals surface area contributed by atoms with Gasteiger partial charge in [-0.25, -0.2) is 0 Å². The Bertz CT molecular complexity index is 315. The highest BCUT2D eigenvalue weighted by molar-refractivity contribution is 6.05. The molecule has 1 aliphatic heterocycles. The molecule has 1 rings (SSSR count). The third-order valence-corrected chi connectivity index (χ3v) is 3.17. The maximum Gasteiger partial charge on any atom is 0.235 e. The quantitative estimate of drug-likeness (QED) is 0.684. The summed E-state index contributed by atoms with van der Waals surface area (Å²) in [4.78, 5) is 25.3. The summed E-state index contributed by atoms with van der Waals surface area (Å²) in [5.74, 6) is -0.156. The molecule has 2 amide bonds. The highest BCUT2D eigenvalue weighted by Gasteiger charge is 2.45. The van der Waals surface area contributed by atoms with Gasteiger partial charge in [0.15, 0.2) is 0 Å². The SMILES string of the molecule is CCCNC(COC)CN1C(=O)CC(C)(C)C1=O. The molecule has 18 heavy (non-hydrogen) atoms. The Kier molecular flexibility index (Phi) is 5.28. The van der Waals surface area contributed by atoms with E-state index in [1.807, 2.05) is 13.8 Å². The lowest BCUT2D eigenvalue weighted by Gasteiger charge is -2.24. The summed E-state index contributed by atoms with van der Waals surface area (Å²) < 4.78 is 5.12. The monoisotopic (exact) mass is 256 g/mol. The summed E-state index contributed by atoms with van der Waals surface area (Å²) in [7, 11) is 1.62. The van der Waals surface area contributed by atoms with E-state index in [-0.39, 0.29) is 17.9 Å². The Balaban J connectivity index is 2.63. The molecule has 0 aromatic carbocycles. The number of hydrogen-bond donors (Lipinski definition) is 1. The van der Waals surface area contributed by atoms with Gasteiger partial charge in [0.2, 0.25) is 11.8 Å². The van der Waals surface area contributed by atoms with E-state index < -0.39 is 5.41 Å². The van der Waals surface area contributed by atoms with Crippen molar-refractivity contribution in [1.82, 2.24) is 10.2 Å². The average molecular weight is 256 g/mol. The van der Waals surface area contributed by atoms with Crippen LogP contribution in [0.4, 0.5) is 0 Å². The van der Waals surface area contributed by atoms with E-state index in [0.717, 1.165) is 13.0 Å². The second-order valence-corrected chi connectivity index (χ2v) is 5.48. The van der Waals surface area contributed by atoms with Crippen molar-refractivity contribution in [3.63, 3.8) is 0 Å². The maximum atomic E-state index is 12.1. The predicted molar refractivity (Wildman–Crippen MR) is 69.1 cm³/mol. The molecule has 0 aliphatic carbocycles. The van der Waals surface area contributed by atoms with Crippen LogP contribution in [-0.2, 0) is 14.3 Å². The van der Waals surface area contributed by atoms with Crippen LogP contribution in [0.5, 0.6) is 0 Å². The van der Waals surface area contributed by atoms with Crippen LogP contribution >= 0.6 is 0 Å². The second-order valence-electron chi connectivity index (χ2n) is 5.48. The molecule has 0 bridgehead atoms. The second kappa shape index (κ2) is 6.29. The van der Waals surface area contributed by atoms with Gasteiger partial charge in [-0.2, -0.15) is 0 Å². The van der Waals surface area contributed by atoms with E-state index >= 15 is 0 Å². The first kappa shape index (κ1) is 15.1. The first-order chi connectivity index (χ1) is 8.42. The fourth-order valence-electron chi connectivity index (χ4n) is 2.16. The van der Waals surface area contributed by atoms with Crippen molar-refractivity contribution in [1.29, 1.82) is 0 Å². The summed E-state index contributed by atoms with van der Waals surface area (Å²) in [5, 5.41) is 3.29. The van der Waals surface area contributed by atoms with Gasteiger partial charge in [-0.3, -0.25) is 14.5 Å². The minimum atomic E-state index is -0.556. The van der Waals surface area contributed by atoms with E-state index in [9.17, 15) is 9.59 Å². The third kappa shape index (κ3) is 3.53. The Hall–Kier alpha value is -0.940. The fraction of sp³-hybridized carbons (Fsp3) is 0.846. The minimum absolute atomic E-state index is 0.0109. The minimum Gasteiger partial charge on any atom is -0.383 e. The van der Waals surface area contributed by atoms with Gasteiger partial charge in [-0.1, -0.05) is 20.8 Å². The van der Waals surface area contributed by atoms with Crippen molar-refractivity contribution < 1.29 is 14.3 Å². The standard InChI is InChI=1S/C13H24N2O3/c1-5-6-14-10(9-18-4)8-15-11(16)7-13(2,3)12(15)17/h10,14H,5-9H2,1-4H3. The average Bonchev–Trinajstić information content (AvgIpc) is 2.48. The van der Waals surface area contributed by atoms with Crippen LogP contribution < -0.4 is 5.32 Å². The van der Waals surface area contributed by atoms with Crippen molar-refractivity contribution in [3.05, 3.63) is 0 Å². The van der Waals surface area contributed by atoms with Crippen molar-refractivity contribution >= 4 is 11.8 Å². The molecule has 5 heteroatoms. The summed E-state index contributed by atoms with van der Waals surface area (Å²) in [6.45, 7) is 7.46. The fourth-order valence-corrected chi connectivity index (χ4v) is 2.16. The van der Waals surface area contributed by atoms with Gasteiger partial charge >= 0.3 is 0 Å². The zero-order valence-corrected chi connectivity index (χ0v) is 11.8. The molecule has 0 spiro atoms. The molecule has 104 valence electrons. The van der Waals surface area contributed by atoms with Crippen LogP contribution in [0.1, 0.15) is 33.6 Å². The number of nitrogens with zero attached hydrogens (tertiary/aromatic N) is 1. The zero-order valence-electron chi connectivity index (χ0n) is 11.8. The largest absolute Gasteiger partial charge is 0.383 e. The number of nitrogens with one attached hydrogen (secondary N) is 1. The van der Waals surface area contributed by atoms with Crippen molar-refractivity contribution in [3.8, 4) is 0 Å². The lowest BCUT2D eigenvalue weighted by Crippen LogP contribution is -2.46. The Morgan fingerprint density at radius 2 is 2.11 bits per heavy atom. The summed E-state index contributed by atoms with van der Waals surface area (Å²) in [5.41, 5.74) is -0.556. The van der Waals surface area contributed by atoms with Gasteiger partial charge in [0.25, 0.3) is 0 Å².